The van der Waals surface area contributed by atoms with Gasteiger partial charge in [-0.15, -0.1) is 0 Å². The van der Waals surface area contributed by atoms with Crippen LogP contribution >= 0.6 is 0 Å². The second-order valence-electron chi connectivity index (χ2n) is 5.01. The standard InChI is InChI=1S/C14H16FN5O/c15-10-1-2-13(17-7-10)14(21)19-11-8-18-20(9-11)12-3-5-16-6-4-12/h1-2,7-9,12,16H,3-6H2,(H,19,21). The van der Waals surface area contributed by atoms with Crippen LogP contribution in [0.2, 0.25) is 0 Å². The van der Waals surface area contributed by atoms with E-state index in [-0.39, 0.29) is 11.6 Å². The third-order valence-corrected chi connectivity index (χ3v) is 3.50. The van der Waals surface area contributed by atoms with E-state index in [0.717, 1.165) is 32.1 Å². The van der Waals surface area contributed by atoms with Gasteiger partial charge in [0.1, 0.15) is 11.5 Å². The minimum Gasteiger partial charge on any atom is -0.318 e. The molecule has 1 fully saturated rings. The molecule has 21 heavy (non-hydrogen) atoms. The van der Waals surface area contributed by atoms with Crippen molar-refractivity contribution in [2.75, 3.05) is 18.4 Å². The van der Waals surface area contributed by atoms with Gasteiger partial charge in [0, 0.05) is 6.20 Å². The van der Waals surface area contributed by atoms with Crippen LogP contribution in [0, 0.1) is 5.82 Å². The molecular weight excluding hydrogens is 273 g/mol. The van der Waals surface area contributed by atoms with Gasteiger partial charge in [0.2, 0.25) is 0 Å². The van der Waals surface area contributed by atoms with Crippen molar-refractivity contribution >= 4 is 11.6 Å². The van der Waals surface area contributed by atoms with Crippen LogP contribution in [0.15, 0.2) is 30.7 Å². The van der Waals surface area contributed by atoms with E-state index in [0.29, 0.717) is 11.7 Å². The number of amides is 1. The van der Waals surface area contributed by atoms with Crippen LogP contribution < -0.4 is 10.6 Å². The van der Waals surface area contributed by atoms with Crippen molar-refractivity contribution in [1.82, 2.24) is 20.1 Å². The van der Waals surface area contributed by atoms with Crippen LogP contribution in [0.3, 0.4) is 0 Å². The minimum absolute atomic E-state index is 0.172. The molecule has 2 aromatic rings. The normalized spacial score (nSPS) is 15.9. The summed E-state index contributed by atoms with van der Waals surface area (Å²) in [6.07, 6.45) is 6.50. The Balaban J connectivity index is 1.66. The number of nitrogens with zero attached hydrogens (tertiary/aromatic N) is 3. The topological polar surface area (TPSA) is 71.8 Å². The van der Waals surface area contributed by atoms with E-state index in [1.807, 2.05) is 10.9 Å². The highest BCUT2D eigenvalue weighted by Gasteiger charge is 2.16. The minimum atomic E-state index is -0.467. The van der Waals surface area contributed by atoms with Crippen LogP contribution in [0.5, 0.6) is 0 Å². The van der Waals surface area contributed by atoms with E-state index in [4.69, 9.17) is 0 Å². The molecule has 6 nitrogen and oxygen atoms in total. The smallest absolute Gasteiger partial charge is 0.274 e. The van der Waals surface area contributed by atoms with Crippen molar-refractivity contribution in [3.05, 3.63) is 42.2 Å². The van der Waals surface area contributed by atoms with Gasteiger partial charge in [-0.3, -0.25) is 9.48 Å². The van der Waals surface area contributed by atoms with Gasteiger partial charge in [-0.25, -0.2) is 9.37 Å². The number of rotatable bonds is 3. The molecule has 1 saturated heterocycles. The Bertz CT molecular complexity index is 619. The number of carbonyl (C=O) groups excluding carboxylic acids is 1. The summed E-state index contributed by atoms with van der Waals surface area (Å²) in [7, 11) is 0. The van der Waals surface area contributed by atoms with E-state index >= 15 is 0 Å². The molecule has 110 valence electrons. The molecule has 0 atom stereocenters. The predicted molar refractivity (Wildman–Crippen MR) is 75.5 cm³/mol. The molecule has 0 spiro atoms. The van der Waals surface area contributed by atoms with E-state index in [2.05, 4.69) is 20.7 Å². The molecule has 1 aliphatic heterocycles. The summed E-state index contributed by atoms with van der Waals surface area (Å²) in [5.41, 5.74) is 0.788. The fourth-order valence-corrected chi connectivity index (χ4v) is 2.38. The first-order valence-electron chi connectivity index (χ1n) is 6.90. The van der Waals surface area contributed by atoms with Gasteiger partial charge >= 0.3 is 0 Å². The lowest BCUT2D eigenvalue weighted by Gasteiger charge is -2.22. The molecular formula is C14H16FN5O. The van der Waals surface area contributed by atoms with Crippen LogP contribution in [0.25, 0.3) is 0 Å². The first-order chi connectivity index (χ1) is 10.2. The third-order valence-electron chi connectivity index (χ3n) is 3.50. The number of anilines is 1. The molecule has 0 saturated carbocycles. The Kier molecular flexibility index (Phi) is 3.92. The Morgan fingerprint density at radius 2 is 2.14 bits per heavy atom. The summed E-state index contributed by atoms with van der Waals surface area (Å²) in [6.45, 7) is 1.96. The lowest BCUT2D eigenvalue weighted by molar-refractivity contribution is 0.102. The molecule has 3 heterocycles. The Morgan fingerprint density at radius 3 is 2.86 bits per heavy atom. The molecule has 2 aromatic heterocycles. The molecule has 1 aliphatic rings. The third kappa shape index (κ3) is 3.25. The lowest BCUT2D eigenvalue weighted by Crippen LogP contribution is -2.29. The molecule has 0 radical (unpaired) electrons. The largest absolute Gasteiger partial charge is 0.318 e. The SMILES string of the molecule is O=C(Nc1cnn(C2CCNCC2)c1)c1ccc(F)cn1. The summed E-state index contributed by atoms with van der Waals surface area (Å²) in [6, 6.07) is 2.92. The van der Waals surface area contributed by atoms with E-state index < -0.39 is 5.82 Å². The van der Waals surface area contributed by atoms with Gasteiger partial charge in [-0.05, 0) is 38.1 Å². The number of aromatic nitrogens is 3. The average molecular weight is 289 g/mol. The molecule has 3 rings (SSSR count). The van der Waals surface area contributed by atoms with Crippen LogP contribution in [0.1, 0.15) is 29.4 Å². The summed E-state index contributed by atoms with van der Waals surface area (Å²) >= 11 is 0. The van der Waals surface area contributed by atoms with Crippen molar-refractivity contribution in [3.8, 4) is 0 Å². The number of hydrogen-bond donors (Lipinski definition) is 2. The van der Waals surface area contributed by atoms with Crippen LogP contribution in [0.4, 0.5) is 10.1 Å². The Hall–Kier alpha value is -2.28. The lowest BCUT2D eigenvalue weighted by atomic mass is 10.1. The van der Waals surface area contributed by atoms with E-state index in [1.165, 1.54) is 12.1 Å². The zero-order chi connectivity index (χ0) is 14.7. The highest BCUT2D eigenvalue weighted by atomic mass is 19.1. The van der Waals surface area contributed by atoms with Crippen molar-refractivity contribution in [2.24, 2.45) is 0 Å². The summed E-state index contributed by atoms with van der Waals surface area (Å²) in [5, 5.41) is 10.3. The Labute approximate surface area is 121 Å². The van der Waals surface area contributed by atoms with Crippen molar-refractivity contribution in [3.63, 3.8) is 0 Å². The summed E-state index contributed by atoms with van der Waals surface area (Å²) < 4.78 is 14.7. The molecule has 0 aliphatic carbocycles. The van der Waals surface area contributed by atoms with Gasteiger partial charge < -0.3 is 10.6 Å². The number of halogens is 1. The second-order valence-corrected chi connectivity index (χ2v) is 5.01. The summed E-state index contributed by atoms with van der Waals surface area (Å²) in [5.74, 6) is -0.842. The number of hydrogen-bond acceptors (Lipinski definition) is 4. The van der Waals surface area contributed by atoms with E-state index in [9.17, 15) is 9.18 Å². The Morgan fingerprint density at radius 1 is 1.33 bits per heavy atom. The zero-order valence-corrected chi connectivity index (χ0v) is 11.4. The maximum atomic E-state index is 12.8. The average Bonchev–Trinajstić information content (AvgIpc) is 2.97. The van der Waals surface area contributed by atoms with E-state index in [1.54, 1.807) is 6.20 Å². The van der Waals surface area contributed by atoms with Crippen LogP contribution in [-0.2, 0) is 0 Å². The van der Waals surface area contributed by atoms with Crippen molar-refractivity contribution in [1.29, 1.82) is 0 Å². The summed E-state index contributed by atoms with van der Waals surface area (Å²) in [4.78, 5) is 15.7. The zero-order valence-electron chi connectivity index (χ0n) is 11.4. The number of piperidine rings is 1. The molecule has 1 amide bonds. The molecule has 0 aromatic carbocycles. The van der Waals surface area contributed by atoms with Gasteiger partial charge in [0.25, 0.3) is 5.91 Å². The quantitative estimate of drug-likeness (QED) is 0.900. The number of pyridine rings is 1. The molecule has 0 unspecified atom stereocenters. The van der Waals surface area contributed by atoms with Crippen molar-refractivity contribution in [2.45, 2.75) is 18.9 Å². The van der Waals surface area contributed by atoms with Crippen LogP contribution in [-0.4, -0.2) is 33.8 Å². The van der Waals surface area contributed by atoms with Gasteiger partial charge in [-0.2, -0.15) is 5.10 Å². The number of nitrogens with one attached hydrogen (secondary N) is 2. The highest BCUT2D eigenvalue weighted by Crippen LogP contribution is 2.19. The molecule has 7 heteroatoms. The van der Waals surface area contributed by atoms with Gasteiger partial charge in [0.05, 0.1) is 24.1 Å². The molecule has 2 N–H and O–H groups in total. The van der Waals surface area contributed by atoms with Gasteiger partial charge in [-0.1, -0.05) is 0 Å². The maximum absolute atomic E-state index is 12.8. The first kappa shape index (κ1) is 13.7. The monoisotopic (exact) mass is 289 g/mol. The first-order valence-corrected chi connectivity index (χ1v) is 6.90. The fraction of sp³-hybridized carbons (Fsp3) is 0.357. The molecule has 0 bridgehead atoms. The highest BCUT2D eigenvalue weighted by molar-refractivity contribution is 6.02. The fourth-order valence-electron chi connectivity index (χ4n) is 2.38. The van der Waals surface area contributed by atoms with Gasteiger partial charge in [0.15, 0.2) is 0 Å². The second kappa shape index (κ2) is 6.01. The number of carbonyl (C=O) groups is 1. The maximum Gasteiger partial charge on any atom is 0.274 e. The predicted octanol–water partition coefficient (Wildman–Crippen LogP) is 1.59. The van der Waals surface area contributed by atoms with Crippen molar-refractivity contribution < 1.29 is 9.18 Å².